The number of aromatic carboxylic acids is 1. The van der Waals surface area contributed by atoms with Gasteiger partial charge in [0.2, 0.25) is 17.7 Å². The van der Waals surface area contributed by atoms with E-state index in [0.29, 0.717) is 12.8 Å². The Hall–Kier alpha value is -4.57. The number of nitrogens with zero attached hydrogens (tertiary/aromatic N) is 2. The van der Waals surface area contributed by atoms with Crippen molar-refractivity contribution < 1.29 is 39.0 Å². The Morgan fingerprint density at radius 1 is 1.05 bits per heavy atom. The number of Topliss-reactive ketones (excluding diaryl/α,β-unsaturated/α-hetero) is 1. The maximum atomic E-state index is 13.2. The number of nitrogens with one attached hydrogen (secondary N) is 2. The second kappa shape index (κ2) is 17.2. The molecule has 0 bridgehead atoms. The van der Waals surface area contributed by atoms with Crippen LogP contribution in [0.15, 0.2) is 23.2 Å². The molecular weight excluding hydrogens is 540 g/mol. The lowest BCUT2D eigenvalue weighted by molar-refractivity contribution is -0.139. The molecular formula is C25H38N8O8. The first kappa shape index (κ1) is 34.5. The van der Waals surface area contributed by atoms with Gasteiger partial charge in [-0.15, -0.1) is 0 Å². The maximum absolute atomic E-state index is 13.2. The van der Waals surface area contributed by atoms with Crippen molar-refractivity contribution in [2.45, 2.75) is 50.7 Å². The molecule has 2 atom stereocenters. The Labute approximate surface area is 236 Å². The van der Waals surface area contributed by atoms with Crippen LogP contribution in [0.25, 0.3) is 0 Å². The van der Waals surface area contributed by atoms with Crippen LogP contribution in [0.3, 0.4) is 0 Å². The number of hydrogen-bond donors (Lipinski definition) is 8. The number of hydrogen-bond acceptors (Lipinski definition) is 9. The van der Waals surface area contributed by atoms with Crippen LogP contribution in [-0.2, 0) is 25.7 Å². The predicted molar refractivity (Wildman–Crippen MR) is 148 cm³/mol. The van der Waals surface area contributed by atoms with Gasteiger partial charge in [-0.1, -0.05) is 12.1 Å². The van der Waals surface area contributed by atoms with E-state index in [2.05, 4.69) is 15.6 Å². The van der Waals surface area contributed by atoms with Crippen LogP contribution >= 0.6 is 0 Å². The monoisotopic (exact) mass is 578 g/mol. The largest absolute Gasteiger partial charge is 0.481 e. The summed E-state index contributed by atoms with van der Waals surface area (Å²) in [6.07, 6.45) is 0.139. The summed E-state index contributed by atoms with van der Waals surface area (Å²) >= 11 is 0. The van der Waals surface area contributed by atoms with Gasteiger partial charge in [0.1, 0.15) is 12.1 Å². The molecule has 12 N–H and O–H groups in total. The number of benzene rings is 1. The molecule has 0 aliphatic heterocycles. The van der Waals surface area contributed by atoms with E-state index < -0.39 is 60.1 Å². The van der Waals surface area contributed by atoms with Crippen molar-refractivity contribution in [3.05, 3.63) is 34.9 Å². The number of carboxylic acids is 2. The molecule has 0 fully saturated rings. The molecule has 1 aromatic carbocycles. The number of amides is 3. The number of nitrogens with two attached hydrogens (primary N) is 4. The molecule has 16 heteroatoms. The molecule has 0 heterocycles. The number of guanidine groups is 1. The molecule has 0 saturated heterocycles. The van der Waals surface area contributed by atoms with Crippen molar-refractivity contribution in [1.82, 2.24) is 15.5 Å². The van der Waals surface area contributed by atoms with Crippen LogP contribution in [0.5, 0.6) is 0 Å². The fourth-order valence-electron chi connectivity index (χ4n) is 3.92. The van der Waals surface area contributed by atoms with E-state index in [9.17, 15) is 39.0 Å². The van der Waals surface area contributed by atoms with Gasteiger partial charge in [0.05, 0.1) is 18.5 Å². The normalized spacial score (nSPS) is 12.0. The average Bonchev–Trinajstić information content (AvgIpc) is 2.92. The topological polar surface area (TPSA) is 287 Å². The molecule has 226 valence electrons. The van der Waals surface area contributed by atoms with E-state index in [1.807, 2.05) is 0 Å². The third-order valence-corrected chi connectivity index (χ3v) is 5.99. The van der Waals surface area contributed by atoms with Gasteiger partial charge in [0.25, 0.3) is 0 Å². The number of ketones is 1. The number of aliphatic carboxylic acids is 1. The van der Waals surface area contributed by atoms with E-state index in [-0.39, 0.29) is 55.5 Å². The van der Waals surface area contributed by atoms with Crippen LogP contribution in [0.2, 0.25) is 0 Å². The van der Waals surface area contributed by atoms with Gasteiger partial charge >= 0.3 is 11.9 Å². The molecule has 0 radical (unpaired) electrons. The molecule has 0 saturated carbocycles. The highest BCUT2D eigenvalue weighted by atomic mass is 16.4. The Morgan fingerprint density at radius 2 is 1.73 bits per heavy atom. The van der Waals surface area contributed by atoms with E-state index in [0.717, 1.165) is 6.07 Å². The molecule has 1 aromatic rings. The number of likely N-dealkylation sites (N-methyl/N-ethyl adjacent to an activating group) is 1. The first-order valence-corrected chi connectivity index (χ1v) is 12.7. The zero-order chi connectivity index (χ0) is 31.1. The van der Waals surface area contributed by atoms with Gasteiger partial charge in [0, 0.05) is 32.1 Å². The van der Waals surface area contributed by atoms with Crippen LogP contribution in [0.1, 0.15) is 58.4 Å². The lowest BCUT2D eigenvalue weighted by Crippen LogP contribution is -2.51. The Kier molecular flexibility index (Phi) is 14.4. The zero-order valence-corrected chi connectivity index (χ0v) is 22.8. The summed E-state index contributed by atoms with van der Waals surface area (Å²) in [5.74, 6) is -5.92. The molecule has 16 nitrogen and oxygen atoms in total. The summed E-state index contributed by atoms with van der Waals surface area (Å²) < 4.78 is 0. The van der Waals surface area contributed by atoms with Crippen molar-refractivity contribution in [2.24, 2.45) is 27.9 Å². The third kappa shape index (κ3) is 11.2. The summed E-state index contributed by atoms with van der Waals surface area (Å²) in [5, 5.41) is 23.5. The average molecular weight is 579 g/mol. The SMILES string of the molecule is CN(C(=O)CCCN)[C@@H](CCCN=C(N)N)C(=O)NCC(=O)N[C@@H](CC(=O)O)C(=O)c1c(CN)cccc1C(=O)O. The number of carbonyl (C=O) groups is 6. The molecule has 3 amide bonds. The standard InChI is InChI=1S/C25H38N8O8/c1-33(19(35)8-3-9-26)17(7-4-10-30-25(28)29)23(39)31-13-18(34)32-16(11-20(36)37)22(38)21-14(12-27)5-2-6-15(21)24(40)41/h2,5-6,16-17H,3-4,7-13,26-27H2,1H3,(H,31,39)(H,32,34)(H,36,37)(H,40,41)(H4,28,29,30)/t16-,17-/m0/s1. The van der Waals surface area contributed by atoms with Crippen molar-refractivity contribution in [3.8, 4) is 0 Å². The predicted octanol–water partition coefficient (Wildman–Crippen LogP) is -2.28. The van der Waals surface area contributed by atoms with E-state index >= 15 is 0 Å². The van der Waals surface area contributed by atoms with Crippen LogP contribution < -0.4 is 33.6 Å². The second-order valence-electron chi connectivity index (χ2n) is 9.01. The van der Waals surface area contributed by atoms with Gasteiger partial charge in [0.15, 0.2) is 11.7 Å². The molecule has 41 heavy (non-hydrogen) atoms. The van der Waals surface area contributed by atoms with Crippen LogP contribution in [0, 0.1) is 0 Å². The molecule has 0 aliphatic rings. The summed E-state index contributed by atoms with van der Waals surface area (Å²) in [6, 6.07) is 1.31. The summed E-state index contributed by atoms with van der Waals surface area (Å²) in [7, 11) is 1.43. The molecule has 0 unspecified atom stereocenters. The molecule has 1 rings (SSSR count). The van der Waals surface area contributed by atoms with Gasteiger partial charge in [-0.25, -0.2) is 4.79 Å². The highest BCUT2D eigenvalue weighted by Gasteiger charge is 2.31. The van der Waals surface area contributed by atoms with Crippen molar-refractivity contribution in [3.63, 3.8) is 0 Å². The van der Waals surface area contributed by atoms with Crippen molar-refractivity contribution in [2.75, 3.05) is 26.7 Å². The van der Waals surface area contributed by atoms with Crippen molar-refractivity contribution in [1.29, 1.82) is 0 Å². The molecule has 0 aromatic heterocycles. The Bertz CT molecular complexity index is 1150. The highest BCUT2D eigenvalue weighted by molar-refractivity contribution is 6.11. The van der Waals surface area contributed by atoms with E-state index in [1.54, 1.807) is 0 Å². The van der Waals surface area contributed by atoms with Gasteiger partial charge in [-0.2, -0.15) is 0 Å². The number of carbonyl (C=O) groups excluding carboxylic acids is 4. The van der Waals surface area contributed by atoms with Crippen LogP contribution in [0.4, 0.5) is 0 Å². The Morgan fingerprint density at radius 3 is 2.29 bits per heavy atom. The van der Waals surface area contributed by atoms with Gasteiger partial charge in [-0.3, -0.25) is 29.0 Å². The smallest absolute Gasteiger partial charge is 0.336 e. The van der Waals surface area contributed by atoms with E-state index in [1.165, 1.54) is 24.1 Å². The summed E-state index contributed by atoms with van der Waals surface area (Å²) in [4.78, 5) is 79.7. The quantitative estimate of drug-likeness (QED) is 0.0396. The first-order valence-electron chi connectivity index (χ1n) is 12.7. The molecule has 0 aliphatic carbocycles. The molecule has 0 spiro atoms. The summed E-state index contributed by atoms with van der Waals surface area (Å²) in [6.45, 7) is -0.407. The fourth-order valence-corrected chi connectivity index (χ4v) is 3.92. The third-order valence-electron chi connectivity index (χ3n) is 5.99. The minimum atomic E-state index is -1.65. The van der Waals surface area contributed by atoms with Gasteiger partial charge < -0.3 is 48.7 Å². The highest BCUT2D eigenvalue weighted by Crippen LogP contribution is 2.19. The van der Waals surface area contributed by atoms with Crippen LogP contribution in [-0.4, -0.2) is 95.3 Å². The van der Waals surface area contributed by atoms with E-state index in [4.69, 9.17) is 22.9 Å². The number of aliphatic imine (C=N–C) groups is 1. The number of rotatable bonds is 18. The number of carboxylic acid groups (broad SMARTS) is 2. The van der Waals surface area contributed by atoms with Gasteiger partial charge in [-0.05, 0) is 37.4 Å². The van der Waals surface area contributed by atoms with Crippen molar-refractivity contribution >= 4 is 41.4 Å². The minimum Gasteiger partial charge on any atom is -0.481 e. The Balaban J connectivity index is 3.06. The lowest BCUT2D eigenvalue weighted by Gasteiger charge is -2.27. The first-order chi connectivity index (χ1) is 19.3. The maximum Gasteiger partial charge on any atom is 0.336 e. The fraction of sp³-hybridized carbons (Fsp3) is 0.480. The zero-order valence-electron chi connectivity index (χ0n) is 22.8. The summed E-state index contributed by atoms with van der Waals surface area (Å²) in [5.41, 5.74) is 21.2. The minimum absolute atomic E-state index is 0.104. The second-order valence-corrected chi connectivity index (χ2v) is 9.01. The lowest BCUT2D eigenvalue weighted by atomic mass is 9.92.